The highest BCUT2D eigenvalue weighted by Gasteiger charge is 2.10. The first-order chi connectivity index (χ1) is 7.36. The SMILES string of the molecule is C=CC(CCC)c1c[nH]c2ccccc12. The molecule has 1 nitrogen and oxygen atoms in total. The smallest absolute Gasteiger partial charge is 0.0457 e. The van der Waals surface area contributed by atoms with Crippen molar-refractivity contribution in [1.29, 1.82) is 0 Å². The average molecular weight is 199 g/mol. The number of benzene rings is 1. The molecule has 1 N–H and O–H groups in total. The predicted octanol–water partition coefficient (Wildman–Crippen LogP) is 4.24. The molecule has 0 amide bonds. The van der Waals surface area contributed by atoms with Crippen LogP contribution < -0.4 is 0 Å². The molecule has 0 saturated carbocycles. The van der Waals surface area contributed by atoms with Gasteiger partial charge in [0.2, 0.25) is 0 Å². The Morgan fingerprint density at radius 3 is 2.93 bits per heavy atom. The van der Waals surface area contributed by atoms with Crippen LogP contribution in [0.2, 0.25) is 0 Å². The lowest BCUT2D eigenvalue weighted by Gasteiger charge is -2.09. The molecule has 0 spiro atoms. The largest absolute Gasteiger partial charge is 0.361 e. The van der Waals surface area contributed by atoms with Gasteiger partial charge in [-0.05, 0) is 18.1 Å². The fourth-order valence-electron chi connectivity index (χ4n) is 2.11. The number of fused-ring (bicyclic) bond motifs is 1. The summed E-state index contributed by atoms with van der Waals surface area (Å²) in [5.41, 5.74) is 2.60. The molecular weight excluding hydrogens is 182 g/mol. The molecular formula is C14H17N. The molecule has 0 radical (unpaired) electrons. The highest BCUT2D eigenvalue weighted by molar-refractivity contribution is 5.83. The number of para-hydroxylation sites is 1. The first-order valence-corrected chi connectivity index (χ1v) is 5.55. The Morgan fingerprint density at radius 1 is 1.40 bits per heavy atom. The van der Waals surface area contributed by atoms with Crippen molar-refractivity contribution in [2.24, 2.45) is 0 Å². The van der Waals surface area contributed by atoms with E-state index in [0.717, 1.165) is 0 Å². The Hall–Kier alpha value is -1.50. The number of hydrogen-bond acceptors (Lipinski definition) is 0. The van der Waals surface area contributed by atoms with Crippen LogP contribution in [0.3, 0.4) is 0 Å². The van der Waals surface area contributed by atoms with Gasteiger partial charge in [-0.2, -0.15) is 0 Å². The van der Waals surface area contributed by atoms with Gasteiger partial charge >= 0.3 is 0 Å². The molecule has 0 bridgehead atoms. The first-order valence-electron chi connectivity index (χ1n) is 5.55. The van der Waals surface area contributed by atoms with Crippen LogP contribution in [0.5, 0.6) is 0 Å². The molecule has 2 aromatic rings. The summed E-state index contributed by atoms with van der Waals surface area (Å²) < 4.78 is 0. The van der Waals surface area contributed by atoms with Gasteiger partial charge in [0.05, 0.1) is 0 Å². The van der Waals surface area contributed by atoms with Crippen LogP contribution in [0.15, 0.2) is 43.1 Å². The third-order valence-corrected chi connectivity index (χ3v) is 2.90. The summed E-state index contributed by atoms with van der Waals surface area (Å²) in [5.74, 6) is 0.478. The maximum Gasteiger partial charge on any atom is 0.0457 e. The maximum absolute atomic E-state index is 3.93. The van der Waals surface area contributed by atoms with Crippen molar-refractivity contribution in [3.63, 3.8) is 0 Å². The molecule has 0 aliphatic carbocycles. The van der Waals surface area contributed by atoms with Gasteiger partial charge < -0.3 is 4.98 Å². The Balaban J connectivity index is 2.46. The molecule has 15 heavy (non-hydrogen) atoms. The second kappa shape index (κ2) is 4.35. The van der Waals surface area contributed by atoms with Crippen molar-refractivity contribution in [2.75, 3.05) is 0 Å². The zero-order chi connectivity index (χ0) is 10.7. The molecule has 78 valence electrons. The van der Waals surface area contributed by atoms with Gasteiger partial charge in [0.15, 0.2) is 0 Å². The number of rotatable bonds is 4. The van der Waals surface area contributed by atoms with Crippen molar-refractivity contribution in [1.82, 2.24) is 4.98 Å². The van der Waals surface area contributed by atoms with E-state index in [4.69, 9.17) is 0 Å². The summed E-state index contributed by atoms with van der Waals surface area (Å²) in [5, 5.41) is 1.33. The Morgan fingerprint density at radius 2 is 2.20 bits per heavy atom. The summed E-state index contributed by atoms with van der Waals surface area (Å²) in [6, 6.07) is 8.44. The Labute approximate surface area is 90.8 Å². The van der Waals surface area contributed by atoms with Crippen LogP contribution in [-0.4, -0.2) is 4.98 Å². The second-order valence-corrected chi connectivity index (χ2v) is 3.92. The van der Waals surface area contributed by atoms with Gasteiger partial charge in [-0.1, -0.05) is 37.6 Å². The molecule has 1 heteroatoms. The van der Waals surface area contributed by atoms with Crippen molar-refractivity contribution in [2.45, 2.75) is 25.7 Å². The maximum atomic E-state index is 3.93. The summed E-state index contributed by atoms with van der Waals surface area (Å²) in [7, 11) is 0. The van der Waals surface area contributed by atoms with E-state index in [1.807, 2.05) is 0 Å². The van der Waals surface area contributed by atoms with Crippen LogP contribution >= 0.6 is 0 Å². The molecule has 1 heterocycles. The standard InChI is InChI=1S/C14H17N/c1-3-7-11(4-2)13-10-15-14-9-6-5-8-12(13)14/h4-6,8-11,15H,2-3,7H2,1H3. The highest BCUT2D eigenvalue weighted by Crippen LogP contribution is 2.29. The van der Waals surface area contributed by atoms with E-state index < -0.39 is 0 Å². The minimum absolute atomic E-state index is 0.478. The first kappa shape index (κ1) is 10.0. The fraction of sp³-hybridized carbons (Fsp3) is 0.286. The molecule has 0 aliphatic heterocycles. The molecule has 1 aromatic carbocycles. The lowest BCUT2D eigenvalue weighted by molar-refractivity contribution is 0.722. The van der Waals surface area contributed by atoms with Gasteiger partial charge in [-0.3, -0.25) is 0 Å². The topological polar surface area (TPSA) is 15.8 Å². The van der Waals surface area contributed by atoms with Crippen molar-refractivity contribution >= 4 is 10.9 Å². The monoisotopic (exact) mass is 199 g/mol. The summed E-state index contributed by atoms with van der Waals surface area (Å²) in [6.07, 6.45) is 6.54. The van der Waals surface area contributed by atoms with Gasteiger partial charge in [0.25, 0.3) is 0 Å². The van der Waals surface area contributed by atoms with Gasteiger partial charge in [0, 0.05) is 23.0 Å². The summed E-state index contributed by atoms with van der Waals surface area (Å²) in [6.45, 7) is 6.14. The molecule has 0 fully saturated rings. The number of aromatic nitrogens is 1. The number of aromatic amines is 1. The number of allylic oxidation sites excluding steroid dienone is 1. The third kappa shape index (κ3) is 1.82. The van der Waals surface area contributed by atoms with E-state index in [-0.39, 0.29) is 0 Å². The van der Waals surface area contributed by atoms with E-state index in [9.17, 15) is 0 Å². The van der Waals surface area contributed by atoms with Gasteiger partial charge in [0.1, 0.15) is 0 Å². The van der Waals surface area contributed by atoms with Crippen LogP contribution in [0, 0.1) is 0 Å². The van der Waals surface area contributed by atoms with Crippen molar-refractivity contribution < 1.29 is 0 Å². The van der Waals surface area contributed by atoms with Crippen LogP contribution in [0.4, 0.5) is 0 Å². The molecule has 0 aliphatic rings. The number of H-pyrrole nitrogens is 1. The zero-order valence-electron chi connectivity index (χ0n) is 9.16. The molecule has 0 saturated heterocycles. The lowest BCUT2D eigenvalue weighted by Crippen LogP contribution is -1.92. The quantitative estimate of drug-likeness (QED) is 0.709. The molecule has 1 atom stereocenters. The normalized spacial score (nSPS) is 12.9. The van der Waals surface area contributed by atoms with E-state index >= 15 is 0 Å². The number of hydrogen-bond donors (Lipinski definition) is 1. The molecule has 1 unspecified atom stereocenters. The van der Waals surface area contributed by atoms with E-state index in [1.54, 1.807) is 0 Å². The summed E-state index contributed by atoms with van der Waals surface area (Å²) in [4.78, 5) is 3.31. The van der Waals surface area contributed by atoms with Crippen molar-refractivity contribution in [3.8, 4) is 0 Å². The minimum atomic E-state index is 0.478. The molecule has 1 aromatic heterocycles. The van der Waals surface area contributed by atoms with E-state index in [1.165, 1.54) is 29.3 Å². The van der Waals surface area contributed by atoms with E-state index in [0.29, 0.717) is 5.92 Å². The highest BCUT2D eigenvalue weighted by atomic mass is 14.7. The van der Waals surface area contributed by atoms with Crippen LogP contribution in [0.25, 0.3) is 10.9 Å². The molecule has 2 rings (SSSR count). The minimum Gasteiger partial charge on any atom is -0.361 e. The fourth-order valence-corrected chi connectivity index (χ4v) is 2.11. The lowest BCUT2D eigenvalue weighted by atomic mass is 9.94. The Kier molecular flexibility index (Phi) is 2.91. The van der Waals surface area contributed by atoms with Gasteiger partial charge in [-0.15, -0.1) is 6.58 Å². The summed E-state index contributed by atoms with van der Waals surface area (Å²) >= 11 is 0. The second-order valence-electron chi connectivity index (χ2n) is 3.92. The van der Waals surface area contributed by atoms with Crippen molar-refractivity contribution in [3.05, 3.63) is 48.7 Å². The van der Waals surface area contributed by atoms with Crippen LogP contribution in [0.1, 0.15) is 31.2 Å². The van der Waals surface area contributed by atoms with Crippen LogP contribution in [-0.2, 0) is 0 Å². The Bertz CT molecular complexity index is 453. The average Bonchev–Trinajstić information content (AvgIpc) is 2.70. The zero-order valence-corrected chi connectivity index (χ0v) is 9.16. The van der Waals surface area contributed by atoms with E-state index in [2.05, 4.69) is 55.0 Å². The third-order valence-electron chi connectivity index (χ3n) is 2.90. The predicted molar refractivity (Wildman–Crippen MR) is 66.1 cm³/mol. The van der Waals surface area contributed by atoms with Gasteiger partial charge in [-0.25, -0.2) is 0 Å². The number of nitrogens with one attached hydrogen (secondary N) is 1.